The molecule has 2 N–H and O–H groups in total. The zero-order valence-corrected chi connectivity index (χ0v) is 9.48. The summed E-state index contributed by atoms with van der Waals surface area (Å²) in [5.74, 6) is 0.137. The predicted octanol–water partition coefficient (Wildman–Crippen LogP) is 0.0303. The second kappa shape index (κ2) is 4.49. The van der Waals surface area contributed by atoms with Crippen LogP contribution in [0.15, 0.2) is 0 Å². The summed E-state index contributed by atoms with van der Waals surface area (Å²) < 4.78 is 0. The molecule has 2 rings (SSSR count). The lowest BCUT2D eigenvalue weighted by Crippen LogP contribution is -2.51. The van der Waals surface area contributed by atoms with Crippen molar-refractivity contribution in [1.82, 2.24) is 9.80 Å². The van der Waals surface area contributed by atoms with Crippen molar-refractivity contribution < 1.29 is 4.79 Å². The van der Waals surface area contributed by atoms with Crippen LogP contribution in [0.2, 0.25) is 0 Å². The van der Waals surface area contributed by atoms with E-state index in [1.165, 1.54) is 19.3 Å². The van der Waals surface area contributed by atoms with Crippen molar-refractivity contribution in [2.75, 3.05) is 26.7 Å². The Bertz CT molecular complexity index is 240. The van der Waals surface area contributed by atoms with Gasteiger partial charge in [0.25, 0.3) is 0 Å². The van der Waals surface area contributed by atoms with Crippen LogP contribution in [0, 0.1) is 0 Å². The molecule has 0 bridgehead atoms. The number of rotatable bonds is 3. The first-order valence-corrected chi connectivity index (χ1v) is 5.92. The van der Waals surface area contributed by atoms with E-state index < -0.39 is 0 Å². The van der Waals surface area contributed by atoms with E-state index in [-0.39, 0.29) is 12.5 Å². The first-order chi connectivity index (χ1) is 7.22. The highest BCUT2D eigenvalue weighted by Gasteiger charge is 2.37. The van der Waals surface area contributed by atoms with Gasteiger partial charge in [-0.2, -0.15) is 0 Å². The third-order valence-corrected chi connectivity index (χ3v) is 3.40. The van der Waals surface area contributed by atoms with Crippen LogP contribution in [0.3, 0.4) is 0 Å². The van der Waals surface area contributed by atoms with E-state index in [0.717, 1.165) is 19.5 Å². The number of amides is 1. The molecular formula is C11H21N3O. The van der Waals surface area contributed by atoms with Gasteiger partial charge in [-0.05, 0) is 39.3 Å². The van der Waals surface area contributed by atoms with E-state index in [0.29, 0.717) is 12.1 Å². The van der Waals surface area contributed by atoms with Gasteiger partial charge in [0.2, 0.25) is 5.91 Å². The Balaban J connectivity index is 1.99. The standard InChI is InChI=1S/C11H21N3O/c1-13-6-2-3-10(8-13)14(9-4-5-9)11(15)7-12/h9-10H,2-8,12H2,1H3/t10-/m1/s1. The molecule has 4 nitrogen and oxygen atoms in total. The zero-order valence-electron chi connectivity index (χ0n) is 9.48. The Morgan fingerprint density at radius 3 is 2.67 bits per heavy atom. The molecule has 4 heteroatoms. The summed E-state index contributed by atoms with van der Waals surface area (Å²) in [6.07, 6.45) is 4.69. The highest BCUT2D eigenvalue weighted by atomic mass is 16.2. The number of likely N-dealkylation sites (tertiary alicyclic amines) is 1. The fourth-order valence-electron chi connectivity index (χ4n) is 2.53. The molecule has 15 heavy (non-hydrogen) atoms. The van der Waals surface area contributed by atoms with Gasteiger partial charge in [0.05, 0.1) is 6.54 Å². The van der Waals surface area contributed by atoms with Gasteiger partial charge in [-0.3, -0.25) is 4.79 Å². The molecule has 0 aromatic heterocycles. The average molecular weight is 211 g/mol. The minimum Gasteiger partial charge on any atom is -0.334 e. The van der Waals surface area contributed by atoms with E-state index >= 15 is 0 Å². The van der Waals surface area contributed by atoms with Crippen LogP contribution in [0.4, 0.5) is 0 Å². The van der Waals surface area contributed by atoms with Crippen molar-refractivity contribution in [2.24, 2.45) is 5.73 Å². The van der Waals surface area contributed by atoms with Crippen LogP contribution in [-0.4, -0.2) is 54.5 Å². The van der Waals surface area contributed by atoms with Gasteiger partial charge >= 0.3 is 0 Å². The SMILES string of the molecule is CN1CCC[C@@H](N(C(=O)CN)C2CC2)C1. The highest BCUT2D eigenvalue weighted by Crippen LogP contribution is 2.31. The van der Waals surface area contributed by atoms with Crippen molar-refractivity contribution in [3.63, 3.8) is 0 Å². The lowest BCUT2D eigenvalue weighted by atomic mass is 10.0. The number of hydrogen-bond acceptors (Lipinski definition) is 3. The van der Waals surface area contributed by atoms with Crippen LogP contribution in [0.5, 0.6) is 0 Å². The quantitative estimate of drug-likeness (QED) is 0.716. The molecular weight excluding hydrogens is 190 g/mol. The summed E-state index contributed by atoms with van der Waals surface area (Å²) in [6.45, 7) is 2.34. The van der Waals surface area contributed by atoms with Gasteiger partial charge in [0.15, 0.2) is 0 Å². The van der Waals surface area contributed by atoms with Crippen LogP contribution < -0.4 is 5.73 Å². The molecule has 86 valence electrons. The van der Waals surface area contributed by atoms with E-state index in [1.54, 1.807) is 0 Å². The van der Waals surface area contributed by atoms with Crippen molar-refractivity contribution >= 4 is 5.91 Å². The molecule has 0 aromatic rings. The number of carbonyl (C=O) groups excluding carboxylic acids is 1. The Kier molecular flexibility index (Phi) is 3.26. The molecule has 1 amide bonds. The Labute approximate surface area is 91.4 Å². The van der Waals surface area contributed by atoms with Gasteiger partial charge in [-0.25, -0.2) is 0 Å². The second-order valence-electron chi connectivity index (χ2n) is 4.79. The monoisotopic (exact) mass is 211 g/mol. The fraction of sp³-hybridized carbons (Fsp3) is 0.909. The molecule has 1 aliphatic heterocycles. The molecule has 0 spiro atoms. The first kappa shape index (κ1) is 10.9. The van der Waals surface area contributed by atoms with Crippen LogP contribution >= 0.6 is 0 Å². The lowest BCUT2D eigenvalue weighted by Gasteiger charge is -2.38. The molecule has 2 aliphatic rings. The third kappa shape index (κ3) is 2.49. The molecule has 0 radical (unpaired) electrons. The topological polar surface area (TPSA) is 49.6 Å². The number of carbonyl (C=O) groups is 1. The van der Waals surface area contributed by atoms with Gasteiger partial charge in [0, 0.05) is 18.6 Å². The van der Waals surface area contributed by atoms with Crippen molar-refractivity contribution in [2.45, 2.75) is 37.8 Å². The van der Waals surface area contributed by atoms with Crippen LogP contribution in [0.25, 0.3) is 0 Å². The third-order valence-electron chi connectivity index (χ3n) is 3.40. The van der Waals surface area contributed by atoms with E-state index in [9.17, 15) is 4.79 Å². The van der Waals surface area contributed by atoms with Gasteiger partial charge in [-0.1, -0.05) is 0 Å². The zero-order chi connectivity index (χ0) is 10.8. The number of nitrogens with zero attached hydrogens (tertiary/aromatic N) is 2. The Morgan fingerprint density at radius 1 is 1.40 bits per heavy atom. The average Bonchev–Trinajstić information content (AvgIpc) is 3.02. The molecule has 0 aromatic carbocycles. The number of nitrogens with two attached hydrogens (primary N) is 1. The number of likely N-dealkylation sites (N-methyl/N-ethyl adjacent to an activating group) is 1. The smallest absolute Gasteiger partial charge is 0.236 e. The normalized spacial score (nSPS) is 27.7. The molecule has 1 heterocycles. The Hall–Kier alpha value is -0.610. The lowest BCUT2D eigenvalue weighted by molar-refractivity contribution is -0.133. The number of hydrogen-bond donors (Lipinski definition) is 1. The van der Waals surface area contributed by atoms with Gasteiger partial charge in [0.1, 0.15) is 0 Å². The first-order valence-electron chi connectivity index (χ1n) is 5.92. The maximum absolute atomic E-state index is 11.8. The summed E-state index contributed by atoms with van der Waals surface area (Å²) in [5.41, 5.74) is 5.48. The van der Waals surface area contributed by atoms with E-state index in [2.05, 4.69) is 16.8 Å². The minimum atomic E-state index is 0.137. The predicted molar refractivity (Wildman–Crippen MR) is 59.4 cm³/mol. The van der Waals surface area contributed by atoms with E-state index in [4.69, 9.17) is 5.73 Å². The van der Waals surface area contributed by atoms with E-state index in [1.807, 2.05) is 0 Å². The van der Waals surface area contributed by atoms with Gasteiger partial charge in [-0.15, -0.1) is 0 Å². The molecule has 0 unspecified atom stereocenters. The number of piperidine rings is 1. The van der Waals surface area contributed by atoms with Crippen molar-refractivity contribution in [1.29, 1.82) is 0 Å². The summed E-state index contributed by atoms with van der Waals surface area (Å²) in [6, 6.07) is 0.907. The van der Waals surface area contributed by atoms with Crippen molar-refractivity contribution in [3.8, 4) is 0 Å². The maximum atomic E-state index is 11.8. The second-order valence-corrected chi connectivity index (χ2v) is 4.79. The summed E-state index contributed by atoms with van der Waals surface area (Å²) in [4.78, 5) is 16.2. The molecule has 1 saturated carbocycles. The highest BCUT2D eigenvalue weighted by molar-refractivity contribution is 5.79. The minimum absolute atomic E-state index is 0.137. The largest absolute Gasteiger partial charge is 0.334 e. The fourth-order valence-corrected chi connectivity index (χ4v) is 2.53. The maximum Gasteiger partial charge on any atom is 0.236 e. The Morgan fingerprint density at radius 2 is 2.13 bits per heavy atom. The molecule has 1 aliphatic carbocycles. The van der Waals surface area contributed by atoms with Crippen LogP contribution in [0.1, 0.15) is 25.7 Å². The summed E-state index contributed by atoms with van der Waals surface area (Å²) in [7, 11) is 2.13. The summed E-state index contributed by atoms with van der Waals surface area (Å²) in [5, 5.41) is 0. The molecule has 2 fully saturated rings. The van der Waals surface area contributed by atoms with Gasteiger partial charge < -0.3 is 15.5 Å². The summed E-state index contributed by atoms with van der Waals surface area (Å²) >= 11 is 0. The molecule has 1 saturated heterocycles. The molecule has 1 atom stereocenters. The van der Waals surface area contributed by atoms with Crippen LogP contribution in [-0.2, 0) is 4.79 Å². The van der Waals surface area contributed by atoms with Crippen molar-refractivity contribution in [3.05, 3.63) is 0 Å².